The van der Waals surface area contributed by atoms with E-state index in [2.05, 4.69) is 10.2 Å². The predicted molar refractivity (Wildman–Crippen MR) is 75.0 cm³/mol. The molecular weight excluding hydrogens is 280 g/mol. The summed E-state index contributed by atoms with van der Waals surface area (Å²) in [5.74, 6) is -2.66. The van der Waals surface area contributed by atoms with Gasteiger partial charge in [0.05, 0.1) is 18.8 Å². The average Bonchev–Trinajstić information content (AvgIpc) is 2.43. The molecule has 0 aromatic heterocycles. The maximum absolute atomic E-state index is 13.2. The zero-order valence-electron chi connectivity index (χ0n) is 11.9. The first kappa shape index (κ1) is 15.7. The highest BCUT2D eigenvalue weighted by Crippen LogP contribution is 2.17. The second-order valence-corrected chi connectivity index (χ2v) is 5.14. The number of amides is 1. The Morgan fingerprint density at radius 2 is 2.00 bits per heavy atom. The summed E-state index contributed by atoms with van der Waals surface area (Å²) in [6.07, 6.45) is 0. The van der Waals surface area contributed by atoms with E-state index in [1.54, 1.807) is 0 Å². The molecule has 1 atom stereocenters. The molecule has 1 aliphatic heterocycles. The van der Waals surface area contributed by atoms with Crippen molar-refractivity contribution in [3.05, 3.63) is 29.3 Å². The second-order valence-electron chi connectivity index (χ2n) is 5.14. The molecule has 1 unspecified atom stereocenters. The molecule has 5 nitrogen and oxygen atoms in total. The van der Waals surface area contributed by atoms with Gasteiger partial charge in [-0.3, -0.25) is 9.69 Å². The fourth-order valence-corrected chi connectivity index (χ4v) is 2.28. The Balaban J connectivity index is 1.95. The molecule has 0 saturated carbocycles. The van der Waals surface area contributed by atoms with Gasteiger partial charge in [-0.25, -0.2) is 8.78 Å². The van der Waals surface area contributed by atoms with E-state index >= 15 is 0 Å². The number of rotatable bonds is 4. The van der Waals surface area contributed by atoms with Crippen LogP contribution >= 0.6 is 0 Å². The lowest BCUT2D eigenvalue weighted by Gasteiger charge is -2.29. The minimum Gasteiger partial charge on any atom is -0.398 e. The molecule has 0 aliphatic carbocycles. The van der Waals surface area contributed by atoms with Crippen molar-refractivity contribution >= 4 is 11.6 Å². The van der Waals surface area contributed by atoms with Gasteiger partial charge in [0.2, 0.25) is 0 Å². The van der Waals surface area contributed by atoms with Crippen LogP contribution in [0.3, 0.4) is 0 Å². The van der Waals surface area contributed by atoms with E-state index < -0.39 is 17.5 Å². The van der Waals surface area contributed by atoms with Gasteiger partial charge in [-0.2, -0.15) is 0 Å². The van der Waals surface area contributed by atoms with Gasteiger partial charge in [-0.05, 0) is 13.0 Å². The van der Waals surface area contributed by atoms with Gasteiger partial charge < -0.3 is 15.8 Å². The van der Waals surface area contributed by atoms with Crippen LogP contribution in [0.5, 0.6) is 0 Å². The standard InChI is InChI=1S/C14H19F2N3O2/c1-9(8-19-2-4-21-5-3-19)18-14(20)10-6-11(15)12(16)7-13(10)17/h6-7,9H,2-5,8,17H2,1H3,(H,18,20). The van der Waals surface area contributed by atoms with Crippen LogP contribution in [0, 0.1) is 11.6 Å². The molecule has 116 valence electrons. The molecular formula is C14H19F2N3O2. The Morgan fingerprint density at radius 3 is 2.67 bits per heavy atom. The molecule has 0 spiro atoms. The van der Waals surface area contributed by atoms with Crippen molar-refractivity contribution in [1.82, 2.24) is 10.2 Å². The molecule has 2 rings (SSSR count). The van der Waals surface area contributed by atoms with Crippen LogP contribution in [0.1, 0.15) is 17.3 Å². The molecule has 1 aliphatic rings. The zero-order chi connectivity index (χ0) is 15.4. The molecule has 3 N–H and O–H groups in total. The first-order valence-corrected chi connectivity index (χ1v) is 6.83. The quantitative estimate of drug-likeness (QED) is 0.814. The summed E-state index contributed by atoms with van der Waals surface area (Å²) >= 11 is 0. The Labute approximate surface area is 122 Å². The van der Waals surface area contributed by atoms with E-state index in [0.717, 1.165) is 25.2 Å². The Morgan fingerprint density at radius 1 is 1.38 bits per heavy atom. The summed E-state index contributed by atoms with van der Waals surface area (Å²) in [5, 5.41) is 2.74. The number of nitrogens with one attached hydrogen (secondary N) is 1. The summed E-state index contributed by atoms with van der Waals surface area (Å²) in [4.78, 5) is 14.2. The maximum Gasteiger partial charge on any atom is 0.253 e. The maximum atomic E-state index is 13.2. The van der Waals surface area contributed by atoms with E-state index in [0.29, 0.717) is 19.8 Å². The molecule has 7 heteroatoms. The Kier molecular flexibility index (Phi) is 5.08. The normalized spacial score (nSPS) is 17.5. The van der Waals surface area contributed by atoms with Crippen LogP contribution in [0.15, 0.2) is 12.1 Å². The van der Waals surface area contributed by atoms with Crippen molar-refractivity contribution in [3.8, 4) is 0 Å². The third-order valence-electron chi connectivity index (χ3n) is 3.35. The predicted octanol–water partition coefficient (Wildman–Crippen LogP) is 0.997. The average molecular weight is 299 g/mol. The number of halogens is 2. The van der Waals surface area contributed by atoms with Crippen molar-refractivity contribution < 1.29 is 18.3 Å². The molecule has 1 saturated heterocycles. The largest absolute Gasteiger partial charge is 0.398 e. The van der Waals surface area contributed by atoms with Crippen LogP contribution in [-0.2, 0) is 4.74 Å². The summed E-state index contributed by atoms with van der Waals surface area (Å²) in [7, 11) is 0. The van der Waals surface area contributed by atoms with Crippen molar-refractivity contribution in [2.45, 2.75) is 13.0 Å². The lowest BCUT2D eigenvalue weighted by atomic mass is 10.1. The number of nitrogen functional groups attached to an aromatic ring is 1. The first-order chi connectivity index (χ1) is 9.97. The van der Waals surface area contributed by atoms with Crippen LogP contribution in [-0.4, -0.2) is 49.7 Å². The molecule has 0 bridgehead atoms. The van der Waals surface area contributed by atoms with Gasteiger partial charge in [0.25, 0.3) is 5.91 Å². The van der Waals surface area contributed by atoms with Crippen molar-refractivity contribution in [2.24, 2.45) is 0 Å². The number of ether oxygens (including phenoxy) is 1. The molecule has 21 heavy (non-hydrogen) atoms. The number of nitrogens with zero attached hydrogens (tertiary/aromatic N) is 1. The van der Waals surface area contributed by atoms with Crippen LogP contribution in [0.25, 0.3) is 0 Å². The van der Waals surface area contributed by atoms with Gasteiger partial charge in [0.1, 0.15) is 0 Å². The van der Waals surface area contributed by atoms with Crippen molar-refractivity contribution in [1.29, 1.82) is 0 Å². The summed E-state index contributed by atoms with van der Waals surface area (Å²) in [5.41, 5.74) is 5.42. The number of anilines is 1. The monoisotopic (exact) mass is 299 g/mol. The molecule has 1 aromatic carbocycles. The minimum absolute atomic E-state index is 0.0530. The third kappa shape index (κ3) is 4.12. The summed E-state index contributed by atoms with van der Waals surface area (Å²) in [6, 6.07) is 1.50. The SMILES string of the molecule is CC(CN1CCOCC1)NC(=O)c1cc(F)c(F)cc1N. The lowest BCUT2D eigenvalue weighted by molar-refractivity contribution is 0.0342. The number of hydrogen-bond acceptors (Lipinski definition) is 4. The third-order valence-corrected chi connectivity index (χ3v) is 3.35. The Hall–Kier alpha value is -1.73. The minimum atomic E-state index is -1.09. The number of nitrogens with two attached hydrogens (primary N) is 1. The second kappa shape index (κ2) is 6.82. The Bertz CT molecular complexity index is 519. The van der Waals surface area contributed by atoms with Crippen molar-refractivity contribution in [2.75, 3.05) is 38.6 Å². The smallest absolute Gasteiger partial charge is 0.253 e. The molecule has 1 amide bonds. The van der Waals surface area contributed by atoms with Gasteiger partial charge >= 0.3 is 0 Å². The van der Waals surface area contributed by atoms with Crippen LogP contribution in [0.2, 0.25) is 0 Å². The van der Waals surface area contributed by atoms with Gasteiger partial charge in [-0.15, -0.1) is 0 Å². The van der Waals surface area contributed by atoms with E-state index in [-0.39, 0.29) is 17.3 Å². The van der Waals surface area contributed by atoms with Crippen molar-refractivity contribution in [3.63, 3.8) is 0 Å². The molecule has 1 fully saturated rings. The molecule has 1 aromatic rings. The summed E-state index contributed by atoms with van der Waals surface area (Å²) in [6.45, 7) is 5.50. The van der Waals surface area contributed by atoms with E-state index in [1.807, 2.05) is 6.92 Å². The number of carbonyl (C=O) groups excluding carboxylic acids is 1. The van der Waals surface area contributed by atoms with E-state index in [9.17, 15) is 13.6 Å². The topological polar surface area (TPSA) is 67.6 Å². The number of carbonyl (C=O) groups is 1. The highest BCUT2D eigenvalue weighted by molar-refractivity contribution is 5.99. The summed E-state index contributed by atoms with van der Waals surface area (Å²) < 4.78 is 31.4. The van der Waals surface area contributed by atoms with Gasteiger partial charge in [-0.1, -0.05) is 0 Å². The highest BCUT2D eigenvalue weighted by atomic mass is 19.2. The van der Waals surface area contributed by atoms with Gasteiger partial charge in [0.15, 0.2) is 11.6 Å². The molecule has 1 heterocycles. The number of morpholine rings is 1. The lowest BCUT2D eigenvalue weighted by Crippen LogP contribution is -2.46. The van der Waals surface area contributed by atoms with Crippen LogP contribution < -0.4 is 11.1 Å². The fraction of sp³-hybridized carbons (Fsp3) is 0.500. The van der Waals surface area contributed by atoms with Gasteiger partial charge in [0, 0.05) is 37.4 Å². The highest BCUT2D eigenvalue weighted by Gasteiger charge is 2.18. The fourth-order valence-electron chi connectivity index (χ4n) is 2.28. The number of hydrogen-bond donors (Lipinski definition) is 2. The first-order valence-electron chi connectivity index (χ1n) is 6.83. The molecule has 0 radical (unpaired) electrons. The number of benzene rings is 1. The van der Waals surface area contributed by atoms with E-state index in [1.165, 1.54) is 0 Å². The van der Waals surface area contributed by atoms with E-state index in [4.69, 9.17) is 10.5 Å². The zero-order valence-corrected chi connectivity index (χ0v) is 11.9. The van der Waals surface area contributed by atoms with Crippen LogP contribution in [0.4, 0.5) is 14.5 Å².